The number of nitrogens with zero attached hydrogens (tertiary/aromatic N) is 1. The lowest BCUT2D eigenvalue weighted by molar-refractivity contribution is -0.123. The van der Waals surface area contributed by atoms with Gasteiger partial charge in [-0.1, -0.05) is 51.1 Å². The third-order valence-electron chi connectivity index (χ3n) is 3.93. The van der Waals surface area contributed by atoms with E-state index in [1.54, 1.807) is 11.0 Å². The van der Waals surface area contributed by atoms with Crippen LogP contribution in [0.25, 0.3) is 0 Å². The average molecular weight is 365 g/mol. The first-order valence-corrected chi connectivity index (χ1v) is 8.93. The van der Waals surface area contributed by atoms with Gasteiger partial charge in [0.05, 0.1) is 6.54 Å². The van der Waals surface area contributed by atoms with Crippen molar-refractivity contribution in [3.63, 3.8) is 0 Å². The van der Waals surface area contributed by atoms with E-state index < -0.39 is 5.41 Å². The lowest BCUT2D eigenvalue weighted by atomic mass is 9.95. The maximum Gasteiger partial charge on any atom is 0.246 e. The van der Waals surface area contributed by atoms with Crippen LogP contribution in [0.2, 0.25) is 0 Å². The fourth-order valence-corrected chi connectivity index (χ4v) is 2.39. The molecule has 5 heteroatoms. The van der Waals surface area contributed by atoms with E-state index in [0.29, 0.717) is 12.2 Å². The number of amides is 2. The van der Waals surface area contributed by atoms with E-state index in [0.717, 1.165) is 11.4 Å². The van der Waals surface area contributed by atoms with Crippen LogP contribution in [0.3, 0.4) is 0 Å². The first-order valence-electron chi connectivity index (χ1n) is 8.93. The van der Waals surface area contributed by atoms with Crippen molar-refractivity contribution >= 4 is 28.9 Å². The molecule has 0 bridgehead atoms. The van der Waals surface area contributed by atoms with E-state index >= 15 is 0 Å². The second-order valence-electron chi connectivity index (χ2n) is 7.27. The first kappa shape index (κ1) is 20.2. The number of para-hydroxylation sites is 1. The molecule has 2 rings (SSSR count). The molecule has 0 saturated carbocycles. The summed E-state index contributed by atoms with van der Waals surface area (Å²) in [5.74, 6) is -0.123. The standard InChI is InChI=1S/C22H27N3O2/c1-5-14-25(19-12-7-6-8-13-19)20(26)16-23-17-10-9-11-18(15-17)24-21(27)22(2,3)4/h5-13,15,23H,1,14,16H2,2-4H3,(H,24,27). The van der Waals surface area contributed by atoms with Gasteiger partial charge in [-0.25, -0.2) is 0 Å². The van der Waals surface area contributed by atoms with Gasteiger partial charge in [0.2, 0.25) is 11.8 Å². The van der Waals surface area contributed by atoms with Gasteiger partial charge < -0.3 is 15.5 Å². The van der Waals surface area contributed by atoms with Gasteiger partial charge in [-0.15, -0.1) is 6.58 Å². The smallest absolute Gasteiger partial charge is 0.246 e. The van der Waals surface area contributed by atoms with Gasteiger partial charge in [-0.2, -0.15) is 0 Å². The van der Waals surface area contributed by atoms with Gasteiger partial charge >= 0.3 is 0 Å². The maximum atomic E-state index is 12.6. The van der Waals surface area contributed by atoms with Crippen LogP contribution < -0.4 is 15.5 Å². The molecule has 0 unspecified atom stereocenters. The number of hydrogen-bond donors (Lipinski definition) is 2. The third kappa shape index (κ3) is 5.99. The van der Waals surface area contributed by atoms with Gasteiger partial charge in [0, 0.05) is 29.0 Å². The van der Waals surface area contributed by atoms with Gasteiger partial charge in [0.15, 0.2) is 0 Å². The molecule has 0 radical (unpaired) electrons. The molecule has 27 heavy (non-hydrogen) atoms. The Morgan fingerprint density at radius 2 is 1.70 bits per heavy atom. The Bertz CT molecular complexity index is 795. The predicted octanol–water partition coefficient (Wildman–Crippen LogP) is 4.30. The summed E-state index contributed by atoms with van der Waals surface area (Å²) < 4.78 is 0. The van der Waals surface area contributed by atoms with Crippen LogP contribution in [0.4, 0.5) is 17.1 Å². The summed E-state index contributed by atoms with van der Waals surface area (Å²) in [6.45, 7) is 9.89. The minimum atomic E-state index is -0.472. The van der Waals surface area contributed by atoms with Gasteiger partial charge in [0.25, 0.3) is 0 Å². The van der Waals surface area contributed by atoms with E-state index in [1.807, 2.05) is 75.4 Å². The van der Waals surface area contributed by atoms with Crippen molar-refractivity contribution in [3.05, 3.63) is 67.3 Å². The average Bonchev–Trinajstić information content (AvgIpc) is 2.64. The molecule has 0 aliphatic heterocycles. The lowest BCUT2D eigenvalue weighted by Gasteiger charge is -2.22. The molecule has 2 aromatic carbocycles. The zero-order chi connectivity index (χ0) is 19.9. The number of nitrogens with one attached hydrogen (secondary N) is 2. The molecule has 0 atom stereocenters. The molecular formula is C22H27N3O2. The highest BCUT2D eigenvalue weighted by atomic mass is 16.2. The molecule has 2 aromatic rings. The van der Waals surface area contributed by atoms with Crippen LogP contribution in [-0.2, 0) is 9.59 Å². The molecule has 0 aliphatic rings. The minimum absolute atomic E-state index is 0.0584. The van der Waals surface area contributed by atoms with Crippen molar-refractivity contribution in [3.8, 4) is 0 Å². The summed E-state index contributed by atoms with van der Waals surface area (Å²) >= 11 is 0. The Balaban J connectivity index is 2.03. The number of carbonyl (C=O) groups excluding carboxylic acids is 2. The molecule has 2 N–H and O–H groups in total. The molecule has 5 nitrogen and oxygen atoms in total. The van der Waals surface area contributed by atoms with Crippen molar-refractivity contribution in [2.75, 3.05) is 28.6 Å². The number of rotatable bonds is 7. The van der Waals surface area contributed by atoms with E-state index in [2.05, 4.69) is 17.2 Å². The van der Waals surface area contributed by atoms with Gasteiger partial charge in [0.1, 0.15) is 0 Å². The molecule has 142 valence electrons. The van der Waals surface area contributed by atoms with Crippen LogP contribution in [0.5, 0.6) is 0 Å². The van der Waals surface area contributed by atoms with Crippen molar-refractivity contribution in [2.24, 2.45) is 5.41 Å². The highest BCUT2D eigenvalue weighted by Gasteiger charge is 2.21. The Morgan fingerprint density at radius 3 is 2.33 bits per heavy atom. The van der Waals surface area contributed by atoms with E-state index in [9.17, 15) is 9.59 Å². The quantitative estimate of drug-likeness (QED) is 0.719. The highest BCUT2D eigenvalue weighted by molar-refractivity contribution is 5.97. The first-order chi connectivity index (χ1) is 12.8. The topological polar surface area (TPSA) is 61.4 Å². The fraction of sp³-hybridized carbons (Fsp3) is 0.273. The number of benzene rings is 2. The van der Waals surface area contributed by atoms with E-state index in [4.69, 9.17) is 0 Å². The van der Waals surface area contributed by atoms with Gasteiger partial charge in [-0.05, 0) is 30.3 Å². The summed E-state index contributed by atoms with van der Waals surface area (Å²) in [7, 11) is 0. The molecule has 0 spiro atoms. The number of hydrogen-bond acceptors (Lipinski definition) is 3. The number of carbonyl (C=O) groups is 2. The Morgan fingerprint density at radius 1 is 1.04 bits per heavy atom. The predicted molar refractivity (Wildman–Crippen MR) is 112 cm³/mol. The van der Waals surface area contributed by atoms with Crippen LogP contribution in [0, 0.1) is 5.41 Å². The second-order valence-corrected chi connectivity index (χ2v) is 7.27. The van der Waals surface area contributed by atoms with Crippen LogP contribution in [0.15, 0.2) is 67.3 Å². The van der Waals surface area contributed by atoms with Crippen molar-refractivity contribution < 1.29 is 9.59 Å². The van der Waals surface area contributed by atoms with Crippen LogP contribution >= 0.6 is 0 Å². The SMILES string of the molecule is C=CCN(C(=O)CNc1cccc(NC(=O)C(C)(C)C)c1)c1ccccc1. The molecule has 0 saturated heterocycles. The second kappa shape index (κ2) is 9.03. The molecule has 0 aromatic heterocycles. The van der Waals surface area contributed by atoms with Crippen molar-refractivity contribution in [2.45, 2.75) is 20.8 Å². The molecule has 2 amide bonds. The van der Waals surface area contributed by atoms with E-state index in [-0.39, 0.29) is 18.4 Å². The third-order valence-corrected chi connectivity index (χ3v) is 3.93. The number of anilines is 3. The minimum Gasteiger partial charge on any atom is -0.376 e. The van der Waals surface area contributed by atoms with E-state index in [1.165, 1.54) is 0 Å². The van der Waals surface area contributed by atoms with Crippen molar-refractivity contribution in [1.82, 2.24) is 0 Å². The van der Waals surface area contributed by atoms with Crippen LogP contribution in [-0.4, -0.2) is 24.9 Å². The summed E-state index contributed by atoms with van der Waals surface area (Å²) in [5.41, 5.74) is 1.82. The Hall–Kier alpha value is -3.08. The molecular weight excluding hydrogens is 338 g/mol. The summed E-state index contributed by atoms with van der Waals surface area (Å²) in [4.78, 5) is 26.4. The van der Waals surface area contributed by atoms with Gasteiger partial charge in [-0.3, -0.25) is 9.59 Å². The van der Waals surface area contributed by atoms with Crippen molar-refractivity contribution in [1.29, 1.82) is 0 Å². The molecule has 0 aliphatic carbocycles. The largest absolute Gasteiger partial charge is 0.376 e. The molecule has 0 fully saturated rings. The van der Waals surface area contributed by atoms with Crippen LogP contribution in [0.1, 0.15) is 20.8 Å². The monoisotopic (exact) mass is 365 g/mol. The Kier molecular flexibility index (Phi) is 6.77. The highest BCUT2D eigenvalue weighted by Crippen LogP contribution is 2.20. The summed E-state index contributed by atoms with van der Waals surface area (Å²) in [6, 6.07) is 16.8. The summed E-state index contributed by atoms with van der Waals surface area (Å²) in [5, 5.41) is 6.02. The Labute approximate surface area is 161 Å². The maximum absolute atomic E-state index is 12.6. The molecule has 0 heterocycles. The zero-order valence-corrected chi connectivity index (χ0v) is 16.2. The lowest BCUT2D eigenvalue weighted by Crippen LogP contribution is -2.35. The normalized spacial score (nSPS) is 10.8. The fourth-order valence-electron chi connectivity index (χ4n) is 2.39. The zero-order valence-electron chi connectivity index (χ0n) is 16.2. The summed E-state index contributed by atoms with van der Waals surface area (Å²) in [6.07, 6.45) is 1.70.